The van der Waals surface area contributed by atoms with Gasteiger partial charge < -0.3 is 10.1 Å². The molecule has 1 aromatic carbocycles. The molecule has 1 saturated heterocycles. The summed E-state index contributed by atoms with van der Waals surface area (Å²) in [5.74, 6) is -0.527. The van der Waals surface area contributed by atoms with Crippen LogP contribution in [0.4, 0.5) is 15.0 Å². The van der Waals surface area contributed by atoms with Gasteiger partial charge in [0, 0.05) is 13.1 Å². The van der Waals surface area contributed by atoms with Gasteiger partial charge in [-0.3, -0.25) is 14.4 Å². The minimum Gasteiger partial charge on any atom is -0.442 e. The van der Waals surface area contributed by atoms with Gasteiger partial charge in [0.1, 0.15) is 17.7 Å². The summed E-state index contributed by atoms with van der Waals surface area (Å²) in [7, 11) is 1.72. The van der Waals surface area contributed by atoms with E-state index >= 15 is 0 Å². The number of rotatable bonds is 4. The summed E-state index contributed by atoms with van der Waals surface area (Å²) in [6, 6.07) is 7.40. The standard InChI is InChI=1S/C15H15FN4O3/c1-19-13(6-7-18-19)20-9-10(23-15(20)22)8-17-14(21)11-4-2-3-5-12(11)16/h2-7,10H,8-9H2,1H3,(H,17,21). The van der Waals surface area contributed by atoms with Crippen molar-refractivity contribution in [2.45, 2.75) is 6.10 Å². The van der Waals surface area contributed by atoms with Crippen LogP contribution in [0.3, 0.4) is 0 Å². The molecule has 7 nitrogen and oxygen atoms in total. The normalized spacial score (nSPS) is 17.2. The van der Waals surface area contributed by atoms with E-state index in [1.165, 1.54) is 23.1 Å². The highest BCUT2D eigenvalue weighted by molar-refractivity contribution is 5.94. The Labute approximate surface area is 131 Å². The van der Waals surface area contributed by atoms with Crippen molar-refractivity contribution in [1.29, 1.82) is 0 Å². The van der Waals surface area contributed by atoms with Crippen molar-refractivity contribution < 1.29 is 18.7 Å². The first-order valence-corrected chi connectivity index (χ1v) is 7.05. The number of cyclic esters (lactones) is 1. The van der Waals surface area contributed by atoms with Gasteiger partial charge in [-0.2, -0.15) is 5.10 Å². The molecule has 1 N–H and O–H groups in total. The second kappa shape index (κ2) is 6.07. The predicted octanol–water partition coefficient (Wildman–Crippen LogP) is 1.31. The van der Waals surface area contributed by atoms with Crippen molar-refractivity contribution in [2.75, 3.05) is 18.0 Å². The van der Waals surface area contributed by atoms with Crippen molar-refractivity contribution in [2.24, 2.45) is 7.05 Å². The second-order valence-electron chi connectivity index (χ2n) is 5.12. The Balaban J connectivity index is 1.60. The molecule has 1 aliphatic heterocycles. The third-order valence-corrected chi connectivity index (χ3v) is 3.55. The van der Waals surface area contributed by atoms with E-state index in [1.807, 2.05) is 0 Å². The van der Waals surface area contributed by atoms with E-state index in [0.717, 1.165) is 0 Å². The Bertz CT molecular complexity index is 746. The van der Waals surface area contributed by atoms with Crippen LogP contribution in [0.5, 0.6) is 0 Å². The average molecular weight is 318 g/mol. The number of ether oxygens (including phenoxy) is 1. The molecule has 1 fully saturated rings. The number of amides is 2. The van der Waals surface area contributed by atoms with E-state index < -0.39 is 23.9 Å². The number of carbonyl (C=O) groups excluding carboxylic acids is 2. The van der Waals surface area contributed by atoms with Crippen molar-refractivity contribution >= 4 is 17.8 Å². The fourth-order valence-electron chi connectivity index (χ4n) is 2.39. The maximum atomic E-state index is 13.5. The number of benzene rings is 1. The van der Waals surface area contributed by atoms with E-state index in [0.29, 0.717) is 5.82 Å². The Morgan fingerprint density at radius 2 is 2.22 bits per heavy atom. The summed E-state index contributed by atoms with van der Waals surface area (Å²) < 4.78 is 20.3. The van der Waals surface area contributed by atoms with Gasteiger partial charge in [-0.15, -0.1) is 0 Å². The number of carbonyl (C=O) groups is 2. The molecule has 0 aliphatic carbocycles. The van der Waals surface area contributed by atoms with Crippen LogP contribution in [0, 0.1) is 5.82 Å². The monoisotopic (exact) mass is 318 g/mol. The first-order chi connectivity index (χ1) is 11.1. The molecule has 1 aliphatic rings. The summed E-state index contributed by atoms with van der Waals surface area (Å²) in [4.78, 5) is 25.3. The Kier molecular flexibility index (Phi) is 3.96. The summed E-state index contributed by atoms with van der Waals surface area (Å²) in [6.45, 7) is 0.392. The predicted molar refractivity (Wildman–Crippen MR) is 79.6 cm³/mol. The van der Waals surface area contributed by atoms with Gasteiger partial charge in [-0.25, -0.2) is 9.18 Å². The van der Waals surface area contributed by atoms with Gasteiger partial charge in [-0.05, 0) is 12.1 Å². The zero-order valence-corrected chi connectivity index (χ0v) is 12.4. The Morgan fingerprint density at radius 1 is 1.43 bits per heavy atom. The maximum Gasteiger partial charge on any atom is 0.416 e. The number of hydrogen-bond donors (Lipinski definition) is 1. The van der Waals surface area contributed by atoms with Crippen LogP contribution in [-0.4, -0.2) is 41.0 Å². The van der Waals surface area contributed by atoms with Gasteiger partial charge in [0.2, 0.25) is 0 Å². The second-order valence-corrected chi connectivity index (χ2v) is 5.12. The van der Waals surface area contributed by atoms with E-state index in [1.54, 1.807) is 30.1 Å². The van der Waals surface area contributed by atoms with Crippen LogP contribution in [0.15, 0.2) is 36.5 Å². The molecule has 2 heterocycles. The summed E-state index contributed by atoms with van der Waals surface area (Å²) in [5.41, 5.74) is -0.0414. The molecule has 1 unspecified atom stereocenters. The molecule has 1 atom stereocenters. The van der Waals surface area contributed by atoms with Gasteiger partial charge in [-0.1, -0.05) is 12.1 Å². The van der Waals surface area contributed by atoms with E-state index in [4.69, 9.17) is 4.74 Å². The Hall–Kier alpha value is -2.90. The number of anilines is 1. The van der Waals surface area contributed by atoms with Crippen LogP contribution < -0.4 is 10.2 Å². The SMILES string of the molecule is Cn1nccc1N1CC(CNC(=O)c2ccccc2F)OC1=O. The van der Waals surface area contributed by atoms with E-state index in [2.05, 4.69) is 10.4 Å². The number of nitrogens with one attached hydrogen (secondary N) is 1. The fraction of sp³-hybridized carbons (Fsp3) is 0.267. The van der Waals surface area contributed by atoms with Gasteiger partial charge in [0.15, 0.2) is 0 Å². The lowest BCUT2D eigenvalue weighted by molar-refractivity contribution is 0.0912. The average Bonchev–Trinajstić information content (AvgIpc) is 3.10. The van der Waals surface area contributed by atoms with Crippen molar-refractivity contribution in [3.05, 3.63) is 47.9 Å². The van der Waals surface area contributed by atoms with Gasteiger partial charge >= 0.3 is 6.09 Å². The smallest absolute Gasteiger partial charge is 0.416 e. The van der Waals surface area contributed by atoms with Crippen LogP contribution in [0.2, 0.25) is 0 Å². The molecule has 0 bridgehead atoms. The molecule has 8 heteroatoms. The number of hydrogen-bond acceptors (Lipinski definition) is 4. The maximum absolute atomic E-state index is 13.5. The molecule has 3 rings (SSSR count). The number of halogens is 1. The summed E-state index contributed by atoms with van der Waals surface area (Å²) in [5, 5.41) is 6.58. The molecule has 23 heavy (non-hydrogen) atoms. The highest BCUT2D eigenvalue weighted by Crippen LogP contribution is 2.20. The third-order valence-electron chi connectivity index (χ3n) is 3.55. The lowest BCUT2D eigenvalue weighted by atomic mass is 10.2. The Morgan fingerprint density at radius 3 is 2.91 bits per heavy atom. The van der Waals surface area contributed by atoms with Crippen molar-refractivity contribution in [3.63, 3.8) is 0 Å². The largest absolute Gasteiger partial charge is 0.442 e. The highest BCUT2D eigenvalue weighted by atomic mass is 19.1. The number of aromatic nitrogens is 2. The van der Waals surface area contributed by atoms with Crippen LogP contribution >= 0.6 is 0 Å². The van der Waals surface area contributed by atoms with E-state index in [-0.39, 0.29) is 18.7 Å². The lowest BCUT2D eigenvalue weighted by Crippen LogP contribution is -2.35. The van der Waals surface area contributed by atoms with Gasteiger partial charge in [0.25, 0.3) is 5.91 Å². The van der Waals surface area contributed by atoms with Crippen molar-refractivity contribution in [3.8, 4) is 0 Å². The molecular formula is C15H15FN4O3. The van der Waals surface area contributed by atoms with Crippen LogP contribution in [-0.2, 0) is 11.8 Å². The fourth-order valence-corrected chi connectivity index (χ4v) is 2.39. The zero-order chi connectivity index (χ0) is 16.4. The minimum absolute atomic E-state index is 0.0414. The first kappa shape index (κ1) is 15.0. The quantitative estimate of drug-likeness (QED) is 0.922. The third kappa shape index (κ3) is 3.01. The van der Waals surface area contributed by atoms with Crippen LogP contribution in [0.1, 0.15) is 10.4 Å². The number of aryl methyl sites for hydroxylation is 1. The molecule has 2 amide bonds. The van der Waals surface area contributed by atoms with Gasteiger partial charge in [0.05, 0.1) is 24.8 Å². The molecule has 0 spiro atoms. The molecule has 0 saturated carbocycles. The first-order valence-electron chi connectivity index (χ1n) is 7.05. The molecule has 2 aromatic rings. The minimum atomic E-state index is -0.593. The summed E-state index contributed by atoms with van der Waals surface area (Å²) in [6.07, 6.45) is 0.572. The zero-order valence-electron chi connectivity index (χ0n) is 12.4. The lowest BCUT2D eigenvalue weighted by Gasteiger charge is -2.12. The topological polar surface area (TPSA) is 76.5 Å². The number of nitrogens with zero attached hydrogens (tertiary/aromatic N) is 3. The summed E-state index contributed by atoms with van der Waals surface area (Å²) >= 11 is 0. The molecule has 0 radical (unpaired) electrons. The molecular weight excluding hydrogens is 303 g/mol. The highest BCUT2D eigenvalue weighted by Gasteiger charge is 2.34. The van der Waals surface area contributed by atoms with Crippen molar-refractivity contribution in [1.82, 2.24) is 15.1 Å². The van der Waals surface area contributed by atoms with E-state index in [9.17, 15) is 14.0 Å². The molecule has 1 aromatic heterocycles. The van der Waals surface area contributed by atoms with Crippen LogP contribution in [0.25, 0.3) is 0 Å². The molecule has 120 valence electrons.